The van der Waals surface area contributed by atoms with Gasteiger partial charge in [-0.25, -0.2) is 0 Å². The van der Waals surface area contributed by atoms with Crippen molar-refractivity contribution in [1.82, 2.24) is 15.1 Å². The molecule has 104 valence electrons. The number of hydrogen-bond donors (Lipinski definition) is 1. The first-order valence-corrected chi connectivity index (χ1v) is 7.39. The van der Waals surface area contributed by atoms with E-state index in [0.29, 0.717) is 12.0 Å². The molecule has 0 radical (unpaired) electrons. The van der Waals surface area contributed by atoms with Gasteiger partial charge in [-0.3, -0.25) is 4.68 Å². The second kappa shape index (κ2) is 5.74. The molecule has 0 bridgehead atoms. The van der Waals surface area contributed by atoms with Crippen LogP contribution in [-0.4, -0.2) is 21.9 Å². The third-order valence-corrected chi connectivity index (χ3v) is 4.31. The quantitative estimate of drug-likeness (QED) is 0.914. The van der Waals surface area contributed by atoms with E-state index in [9.17, 15) is 0 Å². The van der Waals surface area contributed by atoms with Crippen molar-refractivity contribution in [1.29, 1.82) is 0 Å². The minimum Gasteiger partial charge on any atom is -0.310 e. The Kier molecular flexibility index (Phi) is 5.01. The van der Waals surface area contributed by atoms with Gasteiger partial charge in [-0.1, -0.05) is 13.8 Å². The minimum atomic E-state index is 0.139. The lowest BCUT2D eigenvalue weighted by Gasteiger charge is -2.28. The van der Waals surface area contributed by atoms with Gasteiger partial charge in [0.25, 0.3) is 0 Å². The molecule has 1 atom stereocenters. The fraction of sp³-hybridized carbons (Fsp3) is 0.786. The molecule has 1 aromatic heterocycles. The van der Waals surface area contributed by atoms with Gasteiger partial charge < -0.3 is 5.32 Å². The number of hydrogen-bond acceptors (Lipinski definition) is 2. The Hall–Kier alpha value is -0.350. The molecule has 0 aliphatic carbocycles. The second-order valence-electron chi connectivity index (χ2n) is 6.37. The lowest BCUT2D eigenvalue weighted by atomic mass is 10.0. The first-order chi connectivity index (χ1) is 8.13. The summed E-state index contributed by atoms with van der Waals surface area (Å²) in [5.41, 5.74) is 2.41. The highest BCUT2D eigenvalue weighted by Crippen LogP contribution is 2.26. The van der Waals surface area contributed by atoms with Crippen LogP contribution in [0.2, 0.25) is 0 Å². The molecule has 0 aliphatic heterocycles. The van der Waals surface area contributed by atoms with Crippen molar-refractivity contribution >= 4 is 15.9 Å². The summed E-state index contributed by atoms with van der Waals surface area (Å²) in [4.78, 5) is 0. The molecular weight excluding hydrogens is 290 g/mol. The molecule has 0 amide bonds. The van der Waals surface area contributed by atoms with E-state index in [0.717, 1.165) is 16.7 Å². The predicted molar refractivity (Wildman–Crippen MR) is 81.0 cm³/mol. The molecule has 3 nitrogen and oxygen atoms in total. The van der Waals surface area contributed by atoms with Gasteiger partial charge in [0.05, 0.1) is 21.9 Å². The molecule has 1 unspecified atom stereocenters. The van der Waals surface area contributed by atoms with Crippen LogP contribution < -0.4 is 5.32 Å². The van der Waals surface area contributed by atoms with E-state index in [1.54, 1.807) is 0 Å². The monoisotopic (exact) mass is 315 g/mol. The first-order valence-electron chi connectivity index (χ1n) is 6.59. The minimum absolute atomic E-state index is 0.139. The van der Waals surface area contributed by atoms with Gasteiger partial charge in [0, 0.05) is 12.1 Å². The SMILES string of the molecule is Cc1nn(C(CNC(C)(C)C)C(C)C)c(C)c1Br. The largest absolute Gasteiger partial charge is 0.310 e. The average molecular weight is 316 g/mol. The zero-order valence-corrected chi connectivity index (χ0v) is 14.2. The van der Waals surface area contributed by atoms with E-state index < -0.39 is 0 Å². The number of halogens is 1. The third kappa shape index (κ3) is 3.82. The maximum absolute atomic E-state index is 4.66. The molecule has 4 heteroatoms. The summed E-state index contributed by atoms with van der Waals surface area (Å²) in [6.07, 6.45) is 0. The summed E-state index contributed by atoms with van der Waals surface area (Å²) in [6.45, 7) is 16.2. The van der Waals surface area contributed by atoms with Crippen molar-refractivity contribution in [3.63, 3.8) is 0 Å². The lowest BCUT2D eigenvalue weighted by molar-refractivity contribution is 0.290. The number of aryl methyl sites for hydroxylation is 1. The Morgan fingerprint density at radius 3 is 2.17 bits per heavy atom. The van der Waals surface area contributed by atoms with Crippen LogP contribution in [0.4, 0.5) is 0 Å². The van der Waals surface area contributed by atoms with Gasteiger partial charge in [0.1, 0.15) is 0 Å². The second-order valence-corrected chi connectivity index (χ2v) is 7.16. The Morgan fingerprint density at radius 1 is 1.28 bits per heavy atom. The molecule has 0 saturated carbocycles. The number of aromatic nitrogens is 2. The standard InChI is InChI=1S/C14H26BrN3/c1-9(2)12(8-16-14(5,6)7)18-11(4)13(15)10(3)17-18/h9,12,16H,8H2,1-7H3. The van der Waals surface area contributed by atoms with Gasteiger partial charge >= 0.3 is 0 Å². The Bertz CT molecular complexity index is 402. The highest BCUT2D eigenvalue weighted by molar-refractivity contribution is 9.10. The number of rotatable bonds is 4. The van der Waals surface area contributed by atoms with Crippen molar-refractivity contribution in [3.8, 4) is 0 Å². The van der Waals surface area contributed by atoms with Crippen molar-refractivity contribution in [3.05, 3.63) is 15.9 Å². The molecule has 0 fully saturated rings. The predicted octanol–water partition coefficient (Wildman–Crippen LogP) is 3.85. The van der Waals surface area contributed by atoms with Crippen LogP contribution in [0.15, 0.2) is 4.47 Å². The molecule has 18 heavy (non-hydrogen) atoms. The smallest absolute Gasteiger partial charge is 0.0738 e. The van der Waals surface area contributed by atoms with E-state index in [1.807, 2.05) is 6.92 Å². The van der Waals surface area contributed by atoms with Gasteiger partial charge in [-0.15, -0.1) is 0 Å². The van der Waals surface area contributed by atoms with Crippen LogP contribution in [0.5, 0.6) is 0 Å². The van der Waals surface area contributed by atoms with Crippen molar-refractivity contribution < 1.29 is 0 Å². The molecule has 0 aliphatic rings. The Morgan fingerprint density at radius 2 is 1.83 bits per heavy atom. The van der Waals surface area contributed by atoms with Gasteiger partial charge in [-0.2, -0.15) is 5.10 Å². The van der Waals surface area contributed by atoms with E-state index in [2.05, 4.69) is 72.6 Å². The van der Waals surface area contributed by atoms with Crippen molar-refractivity contribution in [2.24, 2.45) is 5.92 Å². The number of nitrogens with zero attached hydrogens (tertiary/aromatic N) is 2. The van der Waals surface area contributed by atoms with E-state index in [4.69, 9.17) is 0 Å². The maximum Gasteiger partial charge on any atom is 0.0738 e. The van der Waals surface area contributed by atoms with Crippen LogP contribution in [0, 0.1) is 19.8 Å². The topological polar surface area (TPSA) is 29.9 Å². The van der Waals surface area contributed by atoms with Crippen LogP contribution in [0.25, 0.3) is 0 Å². The first kappa shape index (κ1) is 15.7. The highest BCUT2D eigenvalue weighted by Gasteiger charge is 2.22. The number of nitrogens with one attached hydrogen (secondary N) is 1. The molecule has 1 rings (SSSR count). The van der Waals surface area contributed by atoms with Crippen molar-refractivity contribution in [2.75, 3.05) is 6.54 Å². The molecule has 1 heterocycles. The highest BCUT2D eigenvalue weighted by atomic mass is 79.9. The Labute approximate surface area is 119 Å². The van der Waals surface area contributed by atoms with Crippen molar-refractivity contribution in [2.45, 2.75) is 60.0 Å². The summed E-state index contributed by atoms with van der Waals surface area (Å²) in [5.74, 6) is 0.546. The normalized spacial score (nSPS) is 14.3. The molecule has 0 saturated heterocycles. The lowest BCUT2D eigenvalue weighted by Crippen LogP contribution is -2.41. The molecule has 0 aromatic carbocycles. The maximum atomic E-state index is 4.66. The molecule has 0 spiro atoms. The van der Waals surface area contributed by atoms with Gasteiger partial charge in [0.2, 0.25) is 0 Å². The van der Waals surface area contributed by atoms with Crippen LogP contribution >= 0.6 is 15.9 Å². The third-order valence-electron chi connectivity index (χ3n) is 3.16. The van der Waals surface area contributed by atoms with Crippen LogP contribution in [-0.2, 0) is 0 Å². The van der Waals surface area contributed by atoms with Gasteiger partial charge in [-0.05, 0) is 56.5 Å². The van der Waals surface area contributed by atoms with E-state index in [-0.39, 0.29) is 5.54 Å². The van der Waals surface area contributed by atoms with E-state index >= 15 is 0 Å². The molecule has 1 aromatic rings. The average Bonchev–Trinajstić information content (AvgIpc) is 2.45. The summed E-state index contributed by atoms with van der Waals surface area (Å²) in [6, 6.07) is 0.384. The summed E-state index contributed by atoms with van der Waals surface area (Å²) < 4.78 is 3.28. The zero-order valence-electron chi connectivity index (χ0n) is 12.6. The molecule has 1 N–H and O–H groups in total. The van der Waals surface area contributed by atoms with E-state index in [1.165, 1.54) is 5.69 Å². The van der Waals surface area contributed by atoms with Crippen LogP contribution in [0.3, 0.4) is 0 Å². The zero-order chi connectivity index (χ0) is 14.1. The summed E-state index contributed by atoms with van der Waals surface area (Å²) >= 11 is 3.60. The Balaban J connectivity index is 2.95. The molecular formula is C14H26BrN3. The fourth-order valence-electron chi connectivity index (χ4n) is 1.98. The summed E-state index contributed by atoms with van der Waals surface area (Å²) in [7, 11) is 0. The fourth-order valence-corrected chi connectivity index (χ4v) is 2.24. The summed E-state index contributed by atoms with van der Waals surface area (Å²) in [5, 5.41) is 8.24. The van der Waals surface area contributed by atoms with Crippen LogP contribution in [0.1, 0.15) is 52.0 Å². The van der Waals surface area contributed by atoms with Gasteiger partial charge in [0.15, 0.2) is 0 Å².